The lowest BCUT2D eigenvalue weighted by atomic mass is 9.93. The van der Waals surface area contributed by atoms with Gasteiger partial charge >= 0.3 is 6.36 Å². The Bertz CT molecular complexity index is 1180. The van der Waals surface area contributed by atoms with Crippen molar-refractivity contribution >= 4 is 17.1 Å². The van der Waals surface area contributed by atoms with Crippen molar-refractivity contribution in [3.8, 4) is 11.3 Å². The third-order valence-electron chi connectivity index (χ3n) is 5.26. The Morgan fingerprint density at radius 1 is 0.967 bits per heavy atom. The number of imidazole rings is 1. The molecule has 1 fully saturated rings. The highest BCUT2D eigenvalue weighted by molar-refractivity contribution is 5.78. The van der Waals surface area contributed by atoms with Gasteiger partial charge in [0.1, 0.15) is 0 Å². The van der Waals surface area contributed by atoms with E-state index in [0.717, 1.165) is 22.4 Å². The predicted octanol–water partition coefficient (Wildman–Crippen LogP) is 3.70. The van der Waals surface area contributed by atoms with E-state index in [9.17, 15) is 13.2 Å². The van der Waals surface area contributed by atoms with Gasteiger partial charge in [-0.1, -0.05) is 0 Å². The quantitative estimate of drug-likeness (QED) is 0.545. The highest BCUT2D eigenvalue weighted by Crippen LogP contribution is 2.29. The van der Waals surface area contributed by atoms with Crippen LogP contribution in [0.2, 0.25) is 0 Å². The molecule has 0 spiro atoms. The molecule has 4 aromatic heterocycles. The molecule has 30 heavy (non-hydrogen) atoms. The minimum Gasteiger partial charge on any atom is -0.350 e. The summed E-state index contributed by atoms with van der Waals surface area (Å²) in [5.74, 6) is 0.433. The minimum absolute atomic E-state index is 0.0101. The molecule has 0 atom stereocenters. The summed E-state index contributed by atoms with van der Waals surface area (Å²) in [5, 5.41) is 12.3. The Hall–Kier alpha value is -3.21. The maximum atomic E-state index is 12.3. The molecule has 156 valence electrons. The van der Waals surface area contributed by atoms with Crippen molar-refractivity contribution in [2.45, 2.75) is 44.2 Å². The van der Waals surface area contributed by atoms with Crippen LogP contribution in [-0.4, -0.2) is 47.7 Å². The lowest BCUT2D eigenvalue weighted by molar-refractivity contribution is -0.345. The number of halogens is 3. The molecule has 1 aliphatic rings. The van der Waals surface area contributed by atoms with E-state index >= 15 is 0 Å². The summed E-state index contributed by atoms with van der Waals surface area (Å²) in [4.78, 5) is 8.58. The topological polar surface area (TPSA) is 81.6 Å². The maximum absolute atomic E-state index is 12.3. The number of alkyl halides is 3. The van der Waals surface area contributed by atoms with Gasteiger partial charge in [0.15, 0.2) is 5.65 Å². The summed E-state index contributed by atoms with van der Waals surface area (Å²) in [6.45, 7) is 0. The Balaban J connectivity index is 1.29. The molecule has 5 rings (SSSR count). The molecule has 0 aliphatic heterocycles. The zero-order chi connectivity index (χ0) is 20.7. The van der Waals surface area contributed by atoms with Gasteiger partial charge in [-0.25, -0.2) is 19.0 Å². The van der Waals surface area contributed by atoms with Crippen molar-refractivity contribution in [3.63, 3.8) is 0 Å². The van der Waals surface area contributed by atoms with E-state index in [1.807, 2.05) is 24.4 Å². The molecule has 1 N–H and O–H groups in total. The summed E-state index contributed by atoms with van der Waals surface area (Å²) in [7, 11) is 0. The monoisotopic (exact) mass is 417 g/mol. The highest BCUT2D eigenvalue weighted by atomic mass is 19.4. The van der Waals surface area contributed by atoms with Gasteiger partial charge in [0, 0.05) is 30.2 Å². The third kappa shape index (κ3) is 3.80. The van der Waals surface area contributed by atoms with Crippen molar-refractivity contribution in [2.75, 3.05) is 5.32 Å². The number of nitrogens with zero attached hydrogens (tertiary/aromatic N) is 6. The Morgan fingerprint density at radius 3 is 2.60 bits per heavy atom. The summed E-state index contributed by atoms with van der Waals surface area (Å²) in [6, 6.07) is 5.71. The number of nitrogens with one attached hydrogen (secondary N) is 1. The van der Waals surface area contributed by atoms with E-state index in [-0.39, 0.29) is 6.04 Å². The predicted molar refractivity (Wildman–Crippen MR) is 102 cm³/mol. The van der Waals surface area contributed by atoms with Crippen LogP contribution in [0.4, 0.5) is 19.1 Å². The molecule has 0 amide bonds. The maximum Gasteiger partial charge on any atom is 0.522 e. The summed E-state index contributed by atoms with van der Waals surface area (Å²) >= 11 is 0. The van der Waals surface area contributed by atoms with Gasteiger partial charge in [-0.05, 0) is 43.9 Å². The number of hydrogen-bond donors (Lipinski definition) is 1. The normalized spacial score (nSPS) is 20.1. The summed E-state index contributed by atoms with van der Waals surface area (Å²) in [5.41, 5.74) is 3.23. The molecule has 4 aromatic rings. The van der Waals surface area contributed by atoms with Crippen LogP contribution >= 0.6 is 0 Å². The number of ether oxygens (including phenoxy) is 1. The molecule has 0 bridgehead atoms. The van der Waals surface area contributed by atoms with E-state index in [2.05, 4.69) is 30.2 Å². The first-order chi connectivity index (χ1) is 14.4. The van der Waals surface area contributed by atoms with Crippen molar-refractivity contribution in [2.24, 2.45) is 0 Å². The second-order valence-corrected chi connectivity index (χ2v) is 7.27. The zero-order valence-electron chi connectivity index (χ0n) is 15.8. The van der Waals surface area contributed by atoms with Crippen LogP contribution in [0.25, 0.3) is 22.4 Å². The largest absolute Gasteiger partial charge is 0.522 e. The van der Waals surface area contributed by atoms with Crippen LogP contribution in [0.5, 0.6) is 0 Å². The van der Waals surface area contributed by atoms with Crippen molar-refractivity contribution < 1.29 is 17.9 Å². The van der Waals surface area contributed by atoms with Gasteiger partial charge in [-0.15, -0.1) is 18.3 Å². The molecule has 4 heterocycles. The third-order valence-corrected chi connectivity index (χ3v) is 5.26. The Kier molecular flexibility index (Phi) is 4.54. The summed E-state index contributed by atoms with van der Waals surface area (Å²) in [6.07, 6.45) is 3.46. The molecule has 1 aliphatic carbocycles. The summed E-state index contributed by atoms with van der Waals surface area (Å²) < 4.78 is 44.6. The molecule has 8 nitrogen and oxygen atoms in total. The molecule has 0 radical (unpaired) electrons. The fourth-order valence-electron chi connectivity index (χ4n) is 3.84. The molecule has 0 saturated heterocycles. The van der Waals surface area contributed by atoms with Crippen LogP contribution in [0.1, 0.15) is 25.7 Å². The van der Waals surface area contributed by atoms with Gasteiger partial charge in [0.25, 0.3) is 0 Å². The average Bonchev–Trinajstić information content (AvgIpc) is 3.34. The van der Waals surface area contributed by atoms with E-state index in [4.69, 9.17) is 0 Å². The van der Waals surface area contributed by atoms with E-state index < -0.39 is 12.5 Å². The zero-order valence-corrected chi connectivity index (χ0v) is 15.8. The molecule has 1 saturated carbocycles. The highest BCUT2D eigenvalue weighted by Gasteiger charge is 2.35. The fraction of sp³-hybridized carbons (Fsp3) is 0.368. The second-order valence-electron chi connectivity index (χ2n) is 7.27. The lowest BCUT2D eigenvalue weighted by Gasteiger charge is -2.29. The van der Waals surface area contributed by atoms with E-state index in [0.29, 0.717) is 31.6 Å². The first kappa shape index (κ1) is 18.8. The van der Waals surface area contributed by atoms with Gasteiger partial charge in [-0.2, -0.15) is 5.10 Å². The van der Waals surface area contributed by atoms with Gasteiger partial charge in [-0.3, -0.25) is 4.74 Å². The number of rotatable bonds is 4. The number of anilines is 1. The Morgan fingerprint density at radius 2 is 1.80 bits per heavy atom. The standard InChI is InChI=1S/C19H18F3N7O/c20-19(21,22)30-13-3-1-12(2-4-13)25-18-24-11-16-14(7-9-28(16)27-18)15-5-6-17-23-8-10-29(17)26-15/h5-13H,1-4H2,(H,25,27). The van der Waals surface area contributed by atoms with Crippen LogP contribution in [0.15, 0.2) is 43.0 Å². The minimum atomic E-state index is -4.58. The lowest BCUT2D eigenvalue weighted by Crippen LogP contribution is -2.33. The van der Waals surface area contributed by atoms with Crippen molar-refractivity contribution in [1.82, 2.24) is 29.2 Å². The van der Waals surface area contributed by atoms with Gasteiger partial charge in [0.05, 0.1) is 23.5 Å². The van der Waals surface area contributed by atoms with Crippen LogP contribution in [0.3, 0.4) is 0 Å². The van der Waals surface area contributed by atoms with E-state index in [1.165, 1.54) is 0 Å². The second kappa shape index (κ2) is 7.24. The first-order valence-corrected chi connectivity index (χ1v) is 9.61. The molecular weight excluding hydrogens is 399 g/mol. The number of aromatic nitrogens is 6. The SMILES string of the molecule is FC(F)(F)OC1CCC(Nc2ncc3c(-c4ccc5nccn5n4)ccn3n2)CC1. The number of fused-ring (bicyclic) bond motifs is 2. The van der Waals surface area contributed by atoms with Crippen LogP contribution < -0.4 is 5.32 Å². The van der Waals surface area contributed by atoms with Gasteiger partial charge < -0.3 is 5.32 Å². The van der Waals surface area contributed by atoms with E-state index in [1.54, 1.807) is 27.6 Å². The van der Waals surface area contributed by atoms with Crippen molar-refractivity contribution in [1.29, 1.82) is 0 Å². The van der Waals surface area contributed by atoms with Gasteiger partial charge in [0.2, 0.25) is 5.95 Å². The van der Waals surface area contributed by atoms with Crippen LogP contribution in [0, 0.1) is 0 Å². The van der Waals surface area contributed by atoms with Crippen LogP contribution in [-0.2, 0) is 4.74 Å². The fourth-order valence-corrected chi connectivity index (χ4v) is 3.84. The molecular formula is C19H18F3N7O. The number of hydrogen-bond acceptors (Lipinski definition) is 6. The smallest absolute Gasteiger partial charge is 0.350 e. The molecule has 11 heteroatoms. The van der Waals surface area contributed by atoms with Crippen molar-refractivity contribution in [3.05, 3.63) is 43.0 Å². The first-order valence-electron chi connectivity index (χ1n) is 9.61. The molecule has 0 aromatic carbocycles. The average molecular weight is 417 g/mol. The Labute approximate surface area is 168 Å². The molecule has 0 unspecified atom stereocenters.